The van der Waals surface area contributed by atoms with Gasteiger partial charge in [0.15, 0.2) is 11.1 Å². The molecule has 0 fully saturated rings. The molecule has 1 aliphatic heterocycles. The molecule has 7 heteroatoms. The van der Waals surface area contributed by atoms with Crippen LogP contribution in [0, 0.1) is 0 Å². The summed E-state index contributed by atoms with van der Waals surface area (Å²) in [5, 5.41) is 7.24. The number of hydrogen-bond acceptors (Lipinski definition) is 4. The van der Waals surface area contributed by atoms with Crippen LogP contribution in [0.1, 0.15) is 34.4 Å². The van der Waals surface area contributed by atoms with Gasteiger partial charge in [-0.1, -0.05) is 66.2 Å². The summed E-state index contributed by atoms with van der Waals surface area (Å²) in [6, 6.07) is 26.0. The van der Waals surface area contributed by atoms with E-state index >= 15 is 0 Å². The zero-order valence-corrected chi connectivity index (χ0v) is 19.6. The van der Waals surface area contributed by atoms with Crippen molar-refractivity contribution < 1.29 is 8.76 Å². The van der Waals surface area contributed by atoms with Crippen molar-refractivity contribution >= 4 is 34.1 Å². The van der Waals surface area contributed by atoms with Gasteiger partial charge in [-0.25, -0.2) is 4.21 Å². The van der Waals surface area contributed by atoms with E-state index in [1.54, 1.807) is 0 Å². The molecule has 3 atom stereocenters. The highest BCUT2D eigenvalue weighted by atomic mass is 35.5. The van der Waals surface area contributed by atoms with Gasteiger partial charge in [-0.3, -0.25) is 5.01 Å². The Morgan fingerprint density at radius 1 is 1.06 bits per heavy atom. The van der Waals surface area contributed by atoms with Crippen molar-refractivity contribution in [1.29, 1.82) is 0 Å². The van der Waals surface area contributed by atoms with E-state index in [0.717, 1.165) is 28.9 Å². The highest BCUT2D eigenvalue weighted by Gasteiger charge is 2.30. The van der Waals surface area contributed by atoms with Crippen molar-refractivity contribution in [3.63, 3.8) is 0 Å². The average Bonchev–Trinajstić information content (AvgIpc) is 3.24. The van der Waals surface area contributed by atoms with Crippen molar-refractivity contribution in [1.82, 2.24) is 4.90 Å². The summed E-state index contributed by atoms with van der Waals surface area (Å²) < 4.78 is 21.7. The smallest absolute Gasteiger partial charge is 0.161 e. The summed E-state index contributed by atoms with van der Waals surface area (Å²) in [4.78, 5) is 1.92. The van der Waals surface area contributed by atoms with Crippen LogP contribution in [0.15, 0.2) is 84.0 Å². The standard InChI is InChI=1S/C25H26ClN3O2S/c1-28(2)17-25(32(30)31)20-10-14-22(15-11-20)29-24(19-6-4-3-5-7-19)16-23(27-29)18-8-12-21(26)13-9-18/h3-15,24-25H,16-17H2,1-2H3,(H,30,31). The summed E-state index contributed by atoms with van der Waals surface area (Å²) in [6.45, 7) is 0.498. The van der Waals surface area contributed by atoms with Gasteiger partial charge in [-0.05, 0) is 55.1 Å². The Morgan fingerprint density at radius 3 is 2.31 bits per heavy atom. The minimum absolute atomic E-state index is 0.0669. The second-order valence-corrected chi connectivity index (χ2v) is 9.71. The molecule has 0 spiro atoms. The maximum atomic E-state index is 11.9. The topological polar surface area (TPSA) is 56.1 Å². The lowest BCUT2D eigenvalue weighted by atomic mass is 9.98. The van der Waals surface area contributed by atoms with Gasteiger partial charge in [-0.2, -0.15) is 5.10 Å². The van der Waals surface area contributed by atoms with Crippen LogP contribution in [-0.4, -0.2) is 40.0 Å². The monoisotopic (exact) mass is 467 g/mol. The molecular weight excluding hydrogens is 442 g/mol. The lowest BCUT2D eigenvalue weighted by molar-refractivity contribution is 0.398. The van der Waals surface area contributed by atoms with Crippen LogP contribution in [-0.2, 0) is 11.1 Å². The van der Waals surface area contributed by atoms with Crippen LogP contribution in [0.2, 0.25) is 5.02 Å². The number of hydrogen-bond donors (Lipinski definition) is 1. The van der Waals surface area contributed by atoms with E-state index in [1.807, 2.05) is 90.7 Å². The first-order chi connectivity index (χ1) is 15.4. The van der Waals surface area contributed by atoms with E-state index in [1.165, 1.54) is 5.56 Å². The third kappa shape index (κ3) is 5.10. The minimum Gasteiger partial charge on any atom is -0.308 e. The Morgan fingerprint density at radius 2 is 1.72 bits per heavy atom. The normalized spacial score (nSPS) is 18.0. The van der Waals surface area contributed by atoms with Gasteiger partial charge in [0, 0.05) is 18.0 Å². The number of nitrogens with zero attached hydrogens (tertiary/aromatic N) is 3. The molecule has 0 radical (unpaired) electrons. The van der Waals surface area contributed by atoms with Crippen LogP contribution in [0.3, 0.4) is 0 Å². The van der Waals surface area contributed by atoms with E-state index in [-0.39, 0.29) is 6.04 Å². The predicted molar refractivity (Wildman–Crippen MR) is 133 cm³/mol. The van der Waals surface area contributed by atoms with Crippen LogP contribution in [0.5, 0.6) is 0 Å². The predicted octanol–water partition coefficient (Wildman–Crippen LogP) is 5.52. The first kappa shape index (κ1) is 22.7. The van der Waals surface area contributed by atoms with Gasteiger partial charge in [-0.15, -0.1) is 0 Å². The van der Waals surface area contributed by atoms with Crippen molar-refractivity contribution in [2.45, 2.75) is 17.7 Å². The van der Waals surface area contributed by atoms with Crippen molar-refractivity contribution in [2.24, 2.45) is 5.10 Å². The molecule has 0 saturated heterocycles. The zero-order chi connectivity index (χ0) is 22.7. The molecule has 0 amide bonds. The average molecular weight is 468 g/mol. The largest absolute Gasteiger partial charge is 0.308 e. The minimum atomic E-state index is -1.95. The second-order valence-electron chi connectivity index (χ2n) is 8.15. The molecular formula is C25H26ClN3O2S. The molecule has 3 unspecified atom stereocenters. The highest BCUT2D eigenvalue weighted by Crippen LogP contribution is 2.37. The van der Waals surface area contributed by atoms with E-state index in [2.05, 4.69) is 12.1 Å². The summed E-state index contributed by atoms with van der Waals surface area (Å²) in [5.74, 6) is 0. The fourth-order valence-electron chi connectivity index (χ4n) is 3.96. The first-order valence-corrected chi connectivity index (χ1v) is 12.0. The molecule has 0 bridgehead atoms. The molecule has 4 rings (SSSR count). The SMILES string of the molecule is CN(C)CC(c1ccc(N2N=C(c3ccc(Cl)cc3)CC2c2ccccc2)cc1)S(=O)O. The number of anilines is 1. The van der Waals surface area contributed by atoms with E-state index in [4.69, 9.17) is 16.7 Å². The molecule has 3 aromatic rings. The molecule has 1 N–H and O–H groups in total. The Kier molecular flexibility index (Phi) is 7.06. The van der Waals surface area contributed by atoms with Gasteiger partial charge in [0.05, 0.1) is 22.7 Å². The summed E-state index contributed by atoms with van der Waals surface area (Å²) in [7, 11) is 3.80. The maximum absolute atomic E-state index is 11.9. The lowest BCUT2D eigenvalue weighted by Gasteiger charge is -2.25. The summed E-state index contributed by atoms with van der Waals surface area (Å²) in [6.07, 6.45) is 0.775. The quantitative estimate of drug-likeness (QED) is 0.465. The van der Waals surface area contributed by atoms with Gasteiger partial charge >= 0.3 is 0 Å². The number of hydrazone groups is 1. The van der Waals surface area contributed by atoms with Crippen molar-refractivity contribution in [2.75, 3.05) is 25.6 Å². The van der Waals surface area contributed by atoms with Crippen LogP contribution in [0.4, 0.5) is 5.69 Å². The molecule has 166 valence electrons. The Hall–Kier alpha value is -2.51. The molecule has 0 aliphatic carbocycles. The van der Waals surface area contributed by atoms with Crippen LogP contribution in [0.25, 0.3) is 0 Å². The van der Waals surface area contributed by atoms with Gasteiger partial charge in [0.1, 0.15) is 0 Å². The molecule has 5 nitrogen and oxygen atoms in total. The first-order valence-electron chi connectivity index (χ1n) is 10.4. The molecule has 0 saturated carbocycles. The van der Waals surface area contributed by atoms with Crippen molar-refractivity contribution in [3.05, 3.63) is 101 Å². The number of rotatable bonds is 7. The molecule has 3 aromatic carbocycles. The Balaban J connectivity index is 1.67. The van der Waals surface area contributed by atoms with Crippen molar-refractivity contribution in [3.8, 4) is 0 Å². The van der Waals surface area contributed by atoms with E-state index in [0.29, 0.717) is 11.6 Å². The number of benzene rings is 3. The van der Waals surface area contributed by atoms with Gasteiger partial charge in [0.25, 0.3) is 0 Å². The summed E-state index contributed by atoms with van der Waals surface area (Å²) in [5.41, 5.74) is 5.02. The number of likely N-dealkylation sites (N-methyl/N-ethyl adjacent to an activating group) is 1. The fraction of sp³-hybridized carbons (Fsp3) is 0.240. The number of halogens is 1. The van der Waals surface area contributed by atoms with Crippen LogP contribution >= 0.6 is 11.6 Å². The molecule has 32 heavy (non-hydrogen) atoms. The second kappa shape index (κ2) is 9.96. The fourth-order valence-corrected chi connectivity index (χ4v) is 4.90. The lowest BCUT2D eigenvalue weighted by Crippen LogP contribution is -2.23. The molecule has 1 aliphatic rings. The van der Waals surface area contributed by atoms with Crippen LogP contribution < -0.4 is 5.01 Å². The maximum Gasteiger partial charge on any atom is 0.161 e. The van der Waals surface area contributed by atoms with Gasteiger partial charge in [0.2, 0.25) is 0 Å². The molecule has 1 heterocycles. The van der Waals surface area contributed by atoms with E-state index in [9.17, 15) is 8.76 Å². The zero-order valence-electron chi connectivity index (χ0n) is 18.1. The van der Waals surface area contributed by atoms with Gasteiger partial charge < -0.3 is 9.45 Å². The summed E-state index contributed by atoms with van der Waals surface area (Å²) >= 11 is 4.12. The van der Waals surface area contributed by atoms with E-state index < -0.39 is 16.3 Å². The third-order valence-electron chi connectivity index (χ3n) is 5.58. The Labute approximate surface area is 196 Å². The third-order valence-corrected chi connectivity index (χ3v) is 6.74. The Bertz CT molecular complexity index is 1100. The molecule has 0 aromatic heterocycles. The highest BCUT2D eigenvalue weighted by molar-refractivity contribution is 7.79.